The Bertz CT molecular complexity index is 370. The van der Waals surface area contributed by atoms with Gasteiger partial charge in [0.1, 0.15) is 5.76 Å². The number of furan rings is 1. The summed E-state index contributed by atoms with van der Waals surface area (Å²) in [6.07, 6.45) is 0. The van der Waals surface area contributed by atoms with Crippen molar-refractivity contribution in [3.05, 3.63) is 23.2 Å². The van der Waals surface area contributed by atoms with E-state index >= 15 is 0 Å². The van der Waals surface area contributed by atoms with E-state index < -0.39 is 0 Å². The van der Waals surface area contributed by atoms with E-state index in [-0.39, 0.29) is 5.91 Å². The Hall–Kier alpha value is -1.29. The van der Waals surface area contributed by atoms with E-state index in [1.807, 2.05) is 24.8 Å². The van der Waals surface area contributed by atoms with E-state index in [0.29, 0.717) is 5.76 Å². The van der Waals surface area contributed by atoms with Gasteiger partial charge in [0.25, 0.3) is 5.91 Å². The van der Waals surface area contributed by atoms with E-state index in [9.17, 15) is 4.79 Å². The van der Waals surface area contributed by atoms with Crippen LogP contribution in [0.4, 0.5) is 0 Å². The number of piperazine rings is 1. The maximum atomic E-state index is 12.1. The Balaban J connectivity index is 2.07. The summed E-state index contributed by atoms with van der Waals surface area (Å²) in [5.41, 5.74) is 1.04. The molecule has 4 nitrogen and oxygen atoms in total. The fourth-order valence-corrected chi connectivity index (χ4v) is 1.84. The van der Waals surface area contributed by atoms with E-state index in [1.54, 1.807) is 0 Å². The number of amides is 1. The SMILES string of the molecule is Cc1cc(C(=O)N2CCN(C)CC2)oc1C. The van der Waals surface area contributed by atoms with Crippen molar-refractivity contribution in [2.24, 2.45) is 0 Å². The molecule has 1 aliphatic rings. The van der Waals surface area contributed by atoms with Gasteiger partial charge in [-0.25, -0.2) is 0 Å². The first-order chi connectivity index (χ1) is 7.58. The van der Waals surface area contributed by atoms with Gasteiger partial charge in [-0.3, -0.25) is 4.79 Å². The molecule has 1 saturated heterocycles. The molecule has 88 valence electrons. The number of carbonyl (C=O) groups excluding carboxylic acids is 1. The lowest BCUT2D eigenvalue weighted by atomic mass is 10.2. The average molecular weight is 222 g/mol. The highest BCUT2D eigenvalue weighted by molar-refractivity contribution is 5.91. The predicted molar refractivity (Wildman–Crippen MR) is 61.6 cm³/mol. The van der Waals surface area contributed by atoms with Crippen LogP contribution >= 0.6 is 0 Å². The van der Waals surface area contributed by atoms with Gasteiger partial charge in [0, 0.05) is 26.2 Å². The zero-order valence-electron chi connectivity index (χ0n) is 10.1. The molecule has 16 heavy (non-hydrogen) atoms. The third kappa shape index (κ3) is 2.11. The van der Waals surface area contributed by atoms with Crippen LogP contribution in [0.1, 0.15) is 21.9 Å². The minimum Gasteiger partial charge on any atom is -0.456 e. The van der Waals surface area contributed by atoms with Crippen molar-refractivity contribution in [1.29, 1.82) is 0 Å². The lowest BCUT2D eigenvalue weighted by Crippen LogP contribution is -2.47. The molecular formula is C12H18N2O2. The molecule has 0 saturated carbocycles. The molecule has 1 aliphatic heterocycles. The normalized spacial score (nSPS) is 17.8. The van der Waals surface area contributed by atoms with Crippen LogP contribution in [-0.2, 0) is 0 Å². The van der Waals surface area contributed by atoms with Gasteiger partial charge in [0.2, 0.25) is 0 Å². The first kappa shape index (κ1) is 11.2. The van der Waals surface area contributed by atoms with E-state index in [4.69, 9.17) is 4.42 Å². The van der Waals surface area contributed by atoms with Crippen LogP contribution in [0.5, 0.6) is 0 Å². The summed E-state index contributed by atoms with van der Waals surface area (Å²) in [6.45, 7) is 7.28. The van der Waals surface area contributed by atoms with Crippen molar-refractivity contribution < 1.29 is 9.21 Å². The van der Waals surface area contributed by atoms with Crippen molar-refractivity contribution in [1.82, 2.24) is 9.80 Å². The average Bonchev–Trinajstić information content (AvgIpc) is 2.59. The van der Waals surface area contributed by atoms with Crippen molar-refractivity contribution in [2.75, 3.05) is 33.2 Å². The largest absolute Gasteiger partial charge is 0.456 e. The second-order valence-electron chi connectivity index (χ2n) is 4.45. The van der Waals surface area contributed by atoms with Crippen molar-refractivity contribution in [2.45, 2.75) is 13.8 Å². The first-order valence-electron chi connectivity index (χ1n) is 5.63. The van der Waals surface area contributed by atoms with Gasteiger partial charge in [0.15, 0.2) is 5.76 Å². The Kier molecular flexibility index (Phi) is 3.01. The van der Waals surface area contributed by atoms with Crippen LogP contribution in [0.2, 0.25) is 0 Å². The second kappa shape index (κ2) is 4.29. The second-order valence-corrected chi connectivity index (χ2v) is 4.45. The van der Waals surface area contributed by atoms with E-state index in [1.165, 1.54) is 0 Å². The number of hydrogen-bond donors (Lipinski definition) is 0. The fourth-order valence-electron chi connectivity index (χ4n) is 1.84. The van der Waals surface area contributed by atoms with Crippen LogP contribution in [0.15, 0.2) is 10.5 Å². The maximum Gasteiger partial charge on any atom is 0.289 e. The highest BCUT2D eigenvalue weighted by atomic mass is 16.4. The van der Waals surface area contributed by atoms with Gasteiger partial charge < -0.3 is 14.2 Å². The number of aryl methyl sites for hydroxylation is 2. The van der Waals surface area contributed by atoms with Crippen LogP contribution in [0.3, 0.4) is 0 Å². The molecule has 1 aromatic rings. The third-order valence-electron chi connectivity index (χ3n) is 3.17. The molecule has 0 bridgehead atoms. The molecule has 2 heterocycles. The number of nitrogens with zero attached hydrogens (tertiary/aromatic N) is 2. The molecule has 0 aromatic carbocycles. The Labute approximate surface area is 95.8 Å². The molecule has 0 unspecified atom stereocenters. The van der Waals surface area contributed by atoms with Crippen LogP contribution in [0, 0.1) is 13.8 Å². The zero-order chi connectivity index (χ0) is 11.7. The summed E-state index contributed by atoms with van der Waals surface area (Å²) in [6, 6.07) is 1.83. The summed E-state index contributed by atoms with van der Waals surface area (Å²) in [4.78, 5) is 16.2. The topological polar surface area (TPSA) is 36.7 Å². The summed E-state index contributed by atoms with van der Waals surface area (Å²) in [5.74, 6) is 1.32. The highest BCUT2D eigenvalue weighted by Gasteiger charge is 2.23. The van der Waals surface area contributed by atoms with E-state index in [0.717, 1.165) is 37.5 Å². The number of carbonyl (C=O) groups is 1. The number of hydrogen-bond acceptors (Lipinski definition) is 3. The van der Waals surface area contributed by atoms with Gasteiger partial charge in [-0.05, 0) is 32.5 Å². The van der Waals surface area contributed by atoms with E-state index in [2.05, 4.69) is 11.9 Å². The molecule has 0 spiro atoms. The molecule has 1 fully saturated rings. The van der Waals surface area contributed by atoms with Crippen molar-refractivity contribution in [3.8, 4) is 0 Å². The van der Waals surface area contributed by atoms with Gasteiger partial charge in [-0.1, -0.05) is 0 Å². The number of likely N-dealkylation sites (N-methyl/N-ethyl adjacent to an activating group) is 1. The minimum absolute atomic E-state index is 0.0179. The maximum absolute atomic E-state index is 12.1. The van der Waals surface area contributed by atoms with Crippen molar-refractivity contribution >= 4 is 5.91 Å². The summed E-state index contributed by atoms with van der Waals surface area (Å²) < 4.78 is 5.45. The quantitative estimate of drug-likeness (QED) is 0.718. The summed E-state index contributed by atoms with van der Waals surface area (Å²) in [5, 5.41) is 0. The molecule has 0 aliphatic carbocycles. The zero-order valence-corrected chi connectivity index (χ0v) is 10.1. The van der Waals surface area contributed by atoms with Crippen LogP contribution < -0.4 is 0 Å². The standard InChI is InChI=1S/C12H18N2O2/c1-9-8-11(16-10(9)2)12(15)14-6-4-13(3)5-7-14/h8H,4-7H2,1-3H3. The molecule has 0 radical (unpaired) electrons. The van der Waals surface area contributed by atoms with Gasteiger partial charge in [-0.15, -0.1) is 0 Å². The predicted octanol–water partition coefficient (Wildman–Crippen LogP) is 1.28. The summed E-state index contributed by atoms with van der Waals surface area (Å²) >= 11 is 0. The first-order valence-corrected chi connectivity index (χ1v) is 5.63. The molecule has 1 aromatic heterocycles. The lowest BCUT2D eigenvalue weighted by Gasteiger charge is -2.31. The van der Waals surface area contributed by atoms with Gasteiger partial charge in [-0.2, -0.15) is 0 Å². The third-order valence-corrected chi connectivity index (χ3v) is 3.17. The Morgan fingerprint density at radius 3 is 2.38 bits per heavy atom. The smallest absolute Gasteiger partial charge is 0.289 e. The fraction of sp³-hybridized carbons (Fsp3) is 0.583. The molecular weight excluding hydrogens is 204 g/mol. The Morgan fingerprint density at radius 1 is 1.25 bits per heavy atom. The van der Waals surface area contributed by atoms with Gasteiger partial charge in [0.05, 0.1) is 0 Å². The highest BCUT2D eigenvalue weighted by Crippen LogP contribution is 2.15. The summed E-state index contributed by atoms with van der Waals surface area (Å²) in [7, 11) is 2.07. The monoisotopic (exact) mass is 222 g/mol. The minimum atomic E-state index is 0.0179. The lowest BCUT2D eigenvalue weighted by molar-refractivity contribution is 0.0631. The van der Waals surface area contributed by atoms with Crippen LogP contribution in [-0.4, -0.2) is 48.9 Å². The Morgan fingerprint density at radius 2 is 1.88 bits per heavy atom. The van der Waals surface area contributed by atoms with Crippen molar-refractivity contribution in [3.63, 3.8) is 0 Å². The number of rotatable bonds is 1. The molecule has 4 heteroatoms. The molecule has 2 rings (SSSR count). The van der Waals surface area contributed by atoms with Crippen LogP contribution in [0.25, 0.3) is 0 Å². The molecule has 0 atom stereocenters. The molecule has 0 N–H and O–H groups in total. The molecule has 1 amide bonds. The van der Waals surface area contributed by atoms with Gasteiger partial charge >= 0.3 is 0 Å².